The molecule has 0 saturated heterocycles. The molecule has 3 nitrogen and oxygen atoms in total. The Labute approximate surface area is 141 Å². The van der Waals surface area contributed by atoms with Gasteiger partial charge in [-0.25, -0.2) is 0 Å². The average molecular weight is 413 g/mol. The fraction of sp³-hybridized carbons (Fsp3) is 0.188. The molecule has 2 aromatic rings. The fourth-order valence-corrected chi connectivity index (χ4v) is 2.88. The Morgan fingerprint density at radius 3 is 2.57 bits per heavy atom. The molecule has 0 fully saturated rings. The van der Waals surface area contributed by atoms with Gasteiger partial charge in [-0.1, -0.05) is 46.3 Å². The molecule has 0 bridgehead atoms. The summed E-state index contributed by atoms with van der Waals surface area (Å²) >= 11 is 6.96. The standard InChI is InChI=1S/C16H15Br2NO2/c1-21-15-8-7-12(9-13(15)17)16(20)19-10-14(18)11-5-3-2-4-6-11/h2-9,14H,10H2,1H3,(H,19,20). The van der Waals surface area contributed by atoms with Crippen molar-refractivity contribution >= 4 is 37.8 Å². The molecule has 0 aliphatic heterocycles. The quantitative estimate of drug-likeness (QED) is 0.742. The molecule has 21 heavy (non-hydrogen) atoms. The predicted molar refractivity (Wildman–Crippen MR) is 91.1 cm³/mol. The molecule has 1 N–H and O–H groups in total. The Bertz CT molecular complexity index is 617. The molecule has 0 aliphatic rings. The summed E-state index contributed by atoms with van der Waals surface area (Å²) < 4.78 is 5.91. The fourth-order valence-electron chi connectivity index (χ4n) is 1.87. The number of methoxy groups -OCH3 is 1. The van der Waals surface area contributed by atoms with Crippen molar-refractivity contribution in [3.8, 4) is 5.75 Å². The lowest BCUT2D eigenvalue weighted by molar-refractivity contribution is 0.0954. The molecule has 0 aromatic heterocycles. The van der Waals surface area contributed by atoms with E-state index in [1.807, 2.05) is 30.3 Å². The number of carbonyl (C=O) groups excluding carboxylic acids is 1. The van der Waals surface area contributed by atoms with Crippen molar-refractivity contribution in [3.05, 3.63) is 64.1 Å². The van der Waals surface area contributed by atoms with Gasteiger partial charge >= 0.3 is 0 Å². The number of ether oxygens (including phenoxy) is 1. The van der Waals surface area contributed by atoms with Gasteiger partial charge in [-0.05, 0) is 39.7 Å². The third-order valence-corrected chi connectivity index (χ3v) is 4.49. The van der Waals surface area contributed by atoms with E-state index < -0.39 is 0 Å². The first-order chi connectivity index (χ1) is 10.1. The number of rotatable bonds is 5. The number of alkyl halides is 1. The Kier molecular flexibility index (Phi) is 5.82. The van der Waals surface area contributed by atoms with Crippen LogP contribution in [0.1, 0.15) is 20.7 Å². The van der Waals surface area contributed by atoms with Crippen molar-refractivity contribution < 1.29 is 9.53 Å². The second-order valence-electron chi connectivity index (χ2n) is 4.44. The highest BCUT2D eigenvalue weighted by Crippen LogP contribution is 2.26. The van der Waals surface area contributed by atoms with Crippen LogP contribution in [0.4, 0.5) is 0 Å². The molecule has 1 unspecified atom stereocenters. The van der Waals surface area contributed by atoms with E-state index in [0.29, 0.717) is 17.9 Å². The van der Waals surface area contributed by atoms with Gasteiger partial charge in [0.2, 0.25) is 0 Å². The van der Waals surface area contributed by atoms with Gasteiger partial charge in [0.25, 0.3) is 5.91 Å². The van der Waals surface area contributed by atoms with Crippen LogP contribution in [0.15, 0.2) is 53.0 Å². The smallest absolute Gasteiger partial charge is 0.251 e. The normalized spacial score (nSPS) is 11.8. The lowest BCUT2D eigenvalue weighted by Crippen LogP contribution is -2.26. The maximum Gasteiger partial charge on any atom is 0.251 e. The van der Waals surface area contributed by atoms with Gasteiger partial charge in [0.15, 0.2) is 0 Å². The van der Waals surface area contributed by atoms with Crippen LogP contribution in [0.3, 0.4) is 0 Å². The second kappa shape index (κ2) is 7.61. The van der Waals surface area contributed by atoms with E-state index >= 15 is 0 Å². The molecule has 1 atom stereocenters. The highest BCUT2D eigenvalue weighted by Gasteiger charge is 2.12. The topological polar surface area (TPSA) is 38.3 Å². The second-order valence-corrected chi connectivity index (χ2v) is 6.40. The van der Waals surface area contributed by atoms with Crippen molar-refractivity contribution in [2.45, 2.75) is 4.83 Å². The summed E-state index contributed by atoms with van der Waals surface area (Å²) in [6.07, 6.45) is 0. The van der Waals surface area contributed by atoms with Gasteiger partial charge < -0.3 is 10.1 Å². The molecule has 0 heterocycles. The van der Waals surface area contributed by atoms with E-state index in [1.54, 1.807) is 25.3 Å². The molecule has 110 valence electrons. The Balaban J connectivity index is 1.97. The maximum atomic E-state index is 12.1. The minimum atomic E-state index is -0.112. The highest BCUT2D eigenvalue weighted by molar-refractivity contribution is 9.10. The van der Waals surface area contributed by atoms with Crippen LogP contribution in [-0.2, 0) is 0 Å². The zero-order valence-electron chi connectivity index (χ0n) is 11.5. The van der Waals surface area contributed by atoms with E-state index in [9.17, 15) is 4.79 Å². The molecule has 2 aromatic carbocycles. The lowest BCUT2D eigenvalue weighted by atomic mass is 10.1. The van der Waals surface area contributed by atoms with Crippen LogP contribution in [0, 0.1) is 0 Å². The summed E-state index contributed by atoms with van der Waals surface area (Å²) in [6, 6.07) is 15.2. The van der Waals surface area contributed by atoms with Crippen molar-refractivity contribution in [2.75, 3.05) is 13.7 Å². The first-order valence-corrected chi connectivity index (χ1v) is 8.13. The van der Waals surface area contributed by atoms with E-state index in [2.05, 4.69) is 37.2 Å². The number of carbonyl (C=O) groups is 1. The third-order valence-electron chi connectivity index (χ3n) is 3.02. The van der Waals surface area contributed by atoms with E-state index in [-0.39, 0.29) is 10.7 Å². The summed E-state index contributed by atoms with van der Waals surface area (Å²) in [5.41, 5.74) is 1.73. The molecule has 0 radical (unpaired) electrons. The van der Waals surface area contributed by atoms with Gasteiger partial charge in [0.05, 0.1) is 16.4 Å². The number of amides is 1. The molecule has 0 spiro atoms. The zero-order chi connectivity index (χ0) is 15.2. The van der Waals surface area contributed by atoms with Crippen LogP contribution in [-0.4, -0.2) is 19.6 Å². The van der Waals surface area contributed by atoms with Crippen LogP contribution in [0.2, 0.25) is 0 Å². The molecule has 0 saturated carbocycles. The Morgan fingerprint density at radius 1 is 1.24 bits per heavy atom. The van der Waals surface area contributed by atoms with Crippen LogP contribution >= 0.6 is 31.9 Å². The highest BCUT2D eigenvalue weighted by atomic mass is 79.9. The van der Waals surface area contributed by atoms with Crippen molar-refractivity contribution in [1.82, 2.24) is 5.32 Å². The molecule has 5 heteroatoms. The third kappa shape index (κ3) is 4.32. The largest absolute Gasteiger partial charge is 0.496 e. The van der Waals surface area contributed by atoms with Crippen molar-refractivity contribution in [3.63, 3.8) is 0 Å². The summed E-state index contributed by atoms with van der Waals surface area (Å²) in [7, 11) is 1.59. The summed E-state index contributed by atoms with van der Waals surface area (Å²) in [4.78, 5) is 12.2. The van der Waals surface area contributed by atoms with Crippen LogP contribution in [0.25, 0.3) is 0 Å². The van der Waals surface area contributed by atoms with Gasteiger partial charge in [-0.15, -0.1) is 0 Å². The van der Waals surface area contributed by atoms with Crippen LogP contribution < -0.4 is 10.1 Å². The first kappa shape index (κ1) is 16.0. The zero-order valence-corrected chi connectivity index (χ0v) is 14.6. The minimum absolute atomic E-state index is 0.0874. The van der Waals surface area contributed by atoms with Gasteiger partial charge in [0, 0.05) is 12.1 Å². The summed E-state index contributed by atoms with van der Waals surface area (Å²) in [5, 5.41) is 2.91. The van der Waals surface area contributed by atoms with Crippen LogP contribution in [0.5, 0.6) is 5.75 Å². The minimum Gasteiger partial charge on any atom is -0.496 e. The molecule has 1 amide bonds. The Morgan fingerprint density at radius 2 is 1.95 bits per heavy atom. The van der Waals surface area contributed by atoms with Gasteiger partial charge in [0.1, 0.15) is 5.75 Å². The van der Waals surface area contributed by atoms with E-state index in [1.165, 1.54) is 0 Å². The molecule has 0 aliphatic carbocycles. The number of benzene rings is 2. The maximum absolute atomic E-state index is 12.1. The molecule has 2 rings (SSSR count). The van der Waals surface area contributed by atoms with Crippen molar-refractivity contribution in [2.24, 2.45) is 0 Å². The first-order valence-electron chi connectivity index (χ1n) is 6.42. The number of nitrogens with one attached hydrogen (secondary N) is 1. The average Bonchev–Trinajstić information content (AvgIpc) is 2.53. The predicted octanol–water partition coefficient (Wildman–Crippen LogP) is 4.32. The van der Waals surface area contributed by atoms with E-state index in [4.69, 9.17) is 4.74 Å². The van der Waals surface area contributed by atoms with Gasteiger partial charge in [-0.2, -0.15) is 0 Å². The SMILES string of the molecule is COc1ccc(C(=O)NCC(Br)c2ccccc2)cc1Br. The molecular weight excluding hydrogens is 398 g/mol. The lowest BCUT2D eigenvalue weighted by Gasteiger charge is -2.12. The van der Waals surface area contributed by atoms with Gasteiger partial charge in [-0.3, -0.25) is 4.79 Å². The van der Waals surface area contributed by atoms with Crippen molar-refractivity contribution in [1.29, 1.82) is 0 Å². The monoisotopic (exact) mass is 411 g/mol. The summed E-state index contributed by atoms with van der Waals surface area (Å²) in [6.45, 7) is 0.520. The number of hydrogen-bond donors (Lipinski definition) is 1. The number of hydrogen-bond acceptors (Lipinski definition) is 2. The van der Waals surface area contributed by atoms with E-state index in [0.717, 1.165) is 10.0 Å². The number of halogens is 2. The Hall–Kier alpha value is -1.33. The summed E-state index contributed by atoms with van der Waals surface area (Å²) in [5.74, 6) is 0.591. The molecular formula is C16H15Br2NO2.